The van der Waals surface area contributed by atoms with E-state index in [1.165, 1.54) is 32.1 Å². The Labute approximate surface area is 213 Å². The highest BCUT2D eigenvalue weighted by molar-refractivity contribution is 6.31. The summed E-state index contributed by atoms with van der Waals surface area (Å²) in [5.41, 5.74) is 1.42. The number of hydrogen-bond acceptors (Lipinski definition) is 9. The largest absolute Gasteiger partial charge is 0.513 e. The number of nitrogens with zero attached hydrogens (tertiary/aromatic N) is 1. The zero-order chi connectivity index (χ0) is 24.5. The van der Waals surface area contributed by atoms with Crippen molar-refractivity contribution in [1.82, 2.24) is 26.3 Å². The normalized spacial score (nSPS) is 28.1. The molecule has 0 aromatic carbocycles. The molecule has 1 aromatic heterocycles. The van der Waals surface area contributed by atoms with Crippen molar-refractivity contribution in [1.29, 1.82) is 0 Å². The van der Waals surface area contributed by atoms with Crippen LogP contribution in [0.15, 0.2) is 6.07 Å². The van der Waals surface area contributed by atoms with Gasteiger partial charge in [0.1, 0.15) is 6.61 Å². The average Bonchev–Trinajstić information content (AvgIpc) is 2.87. The van der Waals surface area contributed by atoms with Gasteiger partial charge in [0.2, 0.25) is 0 Å². The number of aromatic nitrogens is 1. The predicted molar refractivity (Wildman–Crippen MR) is 135 cm³/mol. The van der Waals surface area contributed by atoms with Crippen LogP contribution in [-0.4, -0.2) is 68.7 Å². The first kappa shape index (κ1) is 26.6. The smallest absolute Gasteiger partial charge is 0.432 e. The Kier molecular flexibility index (Phi) is 10.4. The summed E-state index contributed by atoms with van der Waals surface area (Å²) in [5.74, 6) is 0.329. The van der Waals surface area contributed by atoms with Crippen LogP contribution in [0.5, 0.6) is 5.75 Å². The molecule has 2 saturated carbocycles. The van der Waals surface area contributed by atoms with Gasteiger partial charge >= 0.3 is 6.16 Å². The third-order valence-electron chi connectivity index (χ3n) is 7.32. The number of nitrogens with one attached hydrogen (secondary N) is 4. The van der Waals surface area contributed by atoms with E-state index in [1.54, 1.807) is 13.2 Å². The molecule has 3 aliphatic rings. The molecule has 2 bridgehead atoms. The number of rotatable bonds is 4. The van der Waals surface area contributed by atoms with Crippen LogP contribution in [0.4, 0.5) is 4.79 Å². The maximum Gasteiger partial charge on any atom is 0.513 e. The minimum atomic E-state index is -0.786. The fourth-order valence-electron chi connectivity index (χ4n) is 5.43. The summed E-state index contributed by atoms with van der Waals surface area (Å²) in [6, 6.07) is 3.25. The average molecular weight is 510 g/mol. The Morgan fingerprint density at radius 2 is 1.43 bits per heavy atom. The molecule has 4 N–H and O–H groups in total. The number of ether oxygens (including phenoxy) is 3. The highest BCUT2D eigenvalue weighted by atomic mass is 35.5. The summed E-state index contributed by atoms with van der Waals surface area (Å²) >= 11 is 6.61. The zero-order valence-electron chi connectivity index (χ0n) is 20.7. The number of pyridine rings is 1. The number of fused-ring (bicyclic) bond motifs is 4. The molecule has 4 rings (SSSR count). The molecule has 0 radical (unpaired) electrons. The van der Waals surface area contributed by atoms with Gasteiger partial charge in [0.05, 0.1) is 23.0 Å². The van der Waals surface area contributed by atoms with Gasteiger partial charge in [-0.15, -0.1) is 0 Å². The second-order valence-electron chi connectivity index (χ2n) is 9.72. The van der Waals surface area contributed by atoms with Gasteiger partial charge in [0.15, 0.2) is 5.75 Å². The minimum Gasteiger partial charge on any atom is -0.432 e. The van der Waals surface area contributed by atoms with Gasteiger partial charge < -0.3 is 35.5 Å². The number of carbonyl (C=O) groups excluding carboxylic acids is 1. The van der Waals surface area contributed by atoms with Crippen molar-refractivity contribution in [2.75, 3.05) is 33.4 Å². The van der Waals surface area contributed by atoms with E-state index in [9.17, 15) is 4.79 Å². The third kappa shape index (κ3) is 7.74. The van der Waals surface area contributed by atoms with Crippen molar-refractivity contribution in [3.05, 3.63) is 22.5 Å². The molecule has 0 amide bonds. The van der Waals surface area contributed by atoms with Crippen LogP contribution in [0.1, 0.15) is 62.8 Å². The molecule has 2 heterocycles. The van der Waals surface area contributed by atoms with E-state index >= 15 is 0 Å². The Balaban J connectivity index is 1.55. The van der Waals surface area contributed by atoms with Crippen LogP contribution in [0.25, 0.3) is 0 Å². The quantitative estimate of drug-likeness (QED) is 0.360. The lowest BCUT2D eigenvalue weighted by Crippen LogP contribution is -2.53. The molecule has 1 aromatic rings. The third-order valence-corrected chi connectivity index (χ3v) is 7.65. The highest BCUT2D eigenvalue weighted by Crippen LogP contribution is 2.27. The standard InChI is InChI=1S/C25H40ClN5O4/c1-33-12-13-34-25(32)35-24-14-17(26)22-15-29-20-8-4-2-6-18(20)27-10-11-28-19-7-3-5-9-21(19)30-16-23(24)31-22/h14,18-21,27-30H,2-13,15-16H2,1H3/t18-,19-,20-,21-/m1/s1. The number of hydrogen-bond donors (Lipinski definition) is 4. The Bertz CT molecular complexity index is 829. The topological polar surface area (TPSA) is 106 Å². The zero-order valence-corrected chi connectivity index (χ0v) is 21.5. The minimum absolute atomic E-state index is 0.123. The van der Waals surface area contributed by atoms with Crippen LogP contribution >= 0.6 is 11.6 Å². The van der Waals surface area contributed by atoms with E-state index in [-0.39, 0.29) is 6.61 Å². The Hall–Kier alpha value is -1.49. The molecule has 2 aliphatic carbocycles. The van der Waals surface area contributed by atoms with Crippen LogP contribution in [0.2, 0.25) is 5.02 Å². The summed E-state index contributed by atoms with van der Waals surface area (Å²) < 4.78 is 15.5. The van der Waals surface area contributed by atoms with Crippen LogP contribution in [-0.2, 0) is 22.6 Å². The van der Waals surface area contributed by atoms with E-state index in [0.29, 0.717) is 60.3 Å². The first-order valence-corrected chi connectivity index (χ1v) is 13.5. The van der Waals surface area contributed by atoms with E-state index < -0.39 is 6.16 Å². The molecule has 0 unspecified atom stereocenters. The van der Waals surface area contributed by atoms with E-state index in [4.69, 9.17) is 30.8 Å². The predicted octanol–water partition coefficient (Wildman–Crippen LogP) is 2.89. The van der Waals surface area contributed by atoms with Crippen molar-refractivity contribution in [3.8, 4) is 5.75 Å². The molecular formula is C25H40ClN5O4. The summed E-state index contributed by atoms with van der Waals surface area (Å²) in [6.07, 6.45) is 8.71. The van der Waals surface area contributed by atoms with Gasteiger partial charge in [-0.25, -0.2) is 9.78 Å². The molecule has 10 heteroatoms. The summed E-state index contributed by atoms with van der Waals surface area (Å²) in [6.45, 7) is 3.39. The summed E-state index contributed by atoms with van der Waals surface area (Å²) in [7, 11) is 1.55. The lowest BCUT2D eigenvalue weighted by Gasteiger charge is -2.34. The molecule has 4 atom stereocenters. The summed E-state index contributed by atoms with van der Waals surface area (Å²) in [5, 5.41) is 15.4. The van der Waals surface area contributed by atoms with Gasteiger partial charge in [-0.05, 0) is 25.7 Å². The van der Waals surface area contributed by atoms with Crippen LogP contribution in [0.3, 0.4) is 0 Å². The van der Waals surface area contributed by atoms with E-state index in [1.807, 2.05) is 0 Å². The van der Waals surface area contributed by atoms with Crippen molar-refractivity contribution in [2.24, 2.45) is 0 Å². The van der Waals surface area contributed by atoms with Gasteiger partial charge in [-0.1, -0.05) is 37.3 Å². The van der Waals surface area contributed by atoms with E-state index in [0.717, 1.165) is 38.0 Å². The van der Waals surface area contributed by atoms with Gasteiger partial charge in [0, 0.05) is 63.5 Å². The molecule has 2 fully saturated rings. The molecule has 1 aliphatic heterocycles. The van der Waals surface area contributed by atoms with Crippen molar-refractivity contribution >= 4 is 17.8 Å². The molecule has 9 nitrogen and oxygen atoms in total. The second-order valence-corrected chi connectivity index (χ2v) is 10.1. The SMILES string of the molecule is COCCOC(=O)Oc1cc(Cl)c2nc1CN[C@@H]1CCCC[C@H]1NCCN[C@@H]1CCCC[C@H]1NC2. The first-order valence-electron chi connectivity index (χ1n) is 13.1. The molecule has 35 heavy (non-hydrogen) atoms. The second kappa shape index (κ2) is 13.7. The maximum absolute atomic E-state index is 12.2. The van der Waals surface area contributed by atoms with Gasteiger partial charge in [0.25, 0.3) is 0 Å². The Morgan fingerprint density at radius 1 is 0.886 bits per heavy atom. The molecular weight excluding hydrogens is 470 g/mol. The Morgan fingerprint density at radius 3 is 2.00 bits per heavy atom. The maximum atomic E-state index is 12.2. The number of methoxy groups -OCH3 is 1. The molecule has 0 saturated heterocycles. The lowest BCUT2D eigenvalue weighted by molar-refractivity contribution is 0.0681. The van der Waals surface area contributed by atoms with Crippen molar-refractivity contribution in [2.45, 2.75) is 88.6 Å². The molecule has 0 spiro atoms. The number of carbonyl (C=O) groups is 1. The monoisotopic (exact) mass is 509 g/mol. The fourth-order valence-corrected chi connectivity index (χ4v) is 5.64. The summed E-state index contributed by atoms with van der Waals surface area (Å²) in [4.78, 5) is 17.1. The van der Waals surface area contributed by atoms with Gasteiger partial charge in [-0.3, -0.25) is 0 Å². The van der Waals surface area contributed by atoms with Crippen molar-refractivity contribution < 1.29 is 19.0 Å². The lowest BCUT2D eigenvalue weighted by atomic mass is 9.89. The highest BCUT2D eigenvalue weighted by Gasteiger charge is 2.28. The van der Waals surface area contributed by atoms with E-state index in [2.05, 4.69) is 21.3 Å². The fraction of sp³-hybridized carbons (Fsp3) is 0.760. The van der Waals surface area contributed by atoms with Crippen LogP contribution < -0.4 is 26.0 Å². The van der Waals surface area contributed by atoms with Gasteiger partial charge in [-0.2, -0.15) is 0 Å². The van der Waals surface area contributed by atoms with Crippen molar-refractivity contribution in [3.63, 3.8) is 0 Å². The molecule has 196 valence electrons. The first-order chi connectivity index (χ1) is 17.1. The van der Waals surface area contributed by atoms with Crippen LogP contribution in [0, 0.1) is 0 Å². The number of halogens is 1.